The van der Waals surface area contributed by atoms with Gasteiger partial charge in [0.15, 0.2) is 0 Å². The van der Waals surface area contributed by atoms with Crippen molar-refractivity contribution in [2.24, 2.45) is 0 Å². The average Bonchev–Trinajstić information content (AvgIpc) is 2.98. The summed E-state index contributed by atoms with van der Waals surface area (Å²) in [6.45, 7) is 2.70. The Labute approximate surface area is 112 Å². The highest BCUT2D eigenvalue weighted by atomic mass is 32.1. The Morgan fingerprint density at radius 1 is 1.61 bits per heavy atom. The second kappa shape index (κ2) is 6.91. The summed E-state index contributed by atoms with van der Waals surface area (Å²) in [6, 6.07) is 2.02. The minimum absolute atomic E-state index is 0.0823. The number of aliphatic hydroxyl groups excluding tert-OH is 1. The Bertz CT molecular complexity index is 426. The standard InChI is InChI=1S/C14H19NO2S/c1-15(10-13-5-3-8-17-13)11-14-12(4-2-7-16)6-9-18-14/h6,9,13,16H,3,5,7-8,10-11H2,1H3. The predicted molar refractivity (Wildman–Crippen MR) is 73.6 cm³/mol. The van der Waals surface area contributed by atoms with Crippen molar-refractivity contribution >= 4 is 11.3 Å². The second-order valence-electron chi connectivity index (χ2n) is 4.55. The summed E-state index contributed by atoms with van der Waals surface area (Å²) >= 11 is 1.72. The van der Waals surface area contributed by atoms with Crippen LogP contribution in [0.5, 0.6) is 0 Å². The van der Waals surface area contributed by atoms with Crippen LogP contribution in [0.4, 0.5) is 0 Å². The molecule has 0 radical (unpaired) electrons. The highest BCUT2D eigenvalue weighted by molar-refractivity contribution is 7.10. The summed E-state index contributed by atoms with van der Waals surface area (Å²) in [5.74, 6) is 5.70. The highest BCUT2D eigenvalue weighted by Gasteiger charge is 2.17. The lowest BCUT2D eigenvalue weighted by molar-refractivity contribution is 0.0796. The Morgan fingerprint density at radius 3 is 3.22 bits per heavy atom. The summed E-state index contributed by atoms with van der Waals surface area (Å²) in [5.41, 5.74) is 1.04. The van der Waals surface area contributed by atoms with E-state index in [1.807, 2.05) is 6.07 Å². The first-order valence-corrected chi connectivity index (χ1v) is 7.14. The van der Waals surface area contributed by atoms with Gasteiger partial charge in [0.05, 0.1) is 6.10 Å². The van der Waals surface area contributed by atoms with Gasteiger partial charge in [0.25, 0.3) is 0 Å². The largest absolute Gasteiger partial charge is 0.384 e. The summed E-state index contributed by atoms with van der Waals surface area (Å²) in [6.07, 6.45) is 2.75. The zero-order chi connectivity index (χ0) is 12.8. The van der Waals surface area contributed by atoms with Gasteiger partial charge in [-0.1, -0.05) is 11.8 Å². The molecule has 1 aliphatic rings. The van der Waals surface area contributed by atoms with E-state index in [0.717, 1.165) is 25.3 Å². The smallest absolute Gasteiger partial charge is 0.104 e. The molecular weight excluding hydrogens is 246 g/mol. The third-order valence-corrected chi connectivity index (χ3v) is 3.91. The molecule has 0 bridgehead atoms. The monoisotopic (exact) mass is 265 g/mol. The van der Waals surface area contributed by atoms with Gasteiger partial charge in [-0.25, -0.2) is 0 Å². The normalized spacial score (nSPS) is 18.9. The number of hydrogen-bond donors (Lipinski definition) is 1. The SMILES string of the molecule is CN(Cc1sccc1C#CCO)CC1CCCO1. The number of ether oxygens (including phenoxy) is 1. The van der Waals surface area contributed by atoms with Crippen LogP contribution in [0.1, 0.15) is 23.3 Å². The first kappa shape index (κ1) is 13.6. The lowest BCUT2D eigenvalue weighted by Crippen LogP contribution is -2.28. The molecule has 1 aromatic rings. The fourth-order valence-corrected chi connectivity index (χ4v) is 3.06. The van der Waals surface area contributed by atoms with Crippen LogP contribution in [0, 0.1) is 11.8 Å². The van der Waals surface area contributed by atoms with Crippen molar-refractivity contribution in [3.63, 3.8) is 0 Å². The van der Waals surface area contributed by atoms with Gasteiger partial charge in [0, 0.05) is 30.1 Å². The third-order valence-electron chi connectivity index (χ3n) is 3.00. The second-order valence-corrected chi connectivity index (χ2v) is 5.55. The molecule has 1 unspecified atom stereocenters. The van der Waals surface area contributed by atoms with Gasteiger partial charge >= 0.3 is 0 Å². The Kier molecular flexibility index (Phi) is 5.21. The minimum Gasteiger partial charge on any atom is -0.384 e. The molecule has 2 rings (SSSR count). The zero-order valence-corrected chi connectivity index (χ0v) is 11.5. The number of likely N-dealkylation sites (N-methyl/N-ethyl adjacent to an activating group) is 1. The third kappa shape index (κ3) is 3.82. The summed E-state index contributed by atoms with van der Waals surface area (Å²) in [4.78, 5) is 3.54. The van der Waals surface area contributed by atoms with E-state index in [9.17, 15) is 0 Å². The van der Waals surface area contributed by atoms with Crippen molar-refractivity contribution < 1.29 is 9.84 Å². The van der Waals surface area contributed by atoms with E-state index in [0.29, 0.717) is 6.10 Å². The molecule has 1 aromatic heterocycles. The van der Waals surface area contributed by atoms with E-state index in [1.54, 1.807) is 11.3 Å². The van der Waals surface area contributed by atoms with Crippen LogP contribution in [0.2, 0.25) is 0 Å². The van der Waals surface area contributed by atoms with Gasteiger partial charge in [-0.2, -0.15) is 0 Å². The van der Waals surface area contributed by atoms with E-state index in [1.165, 1.54) is 17.7 Å². The molecule has 1 aliphatic heterocycles. The summed E-state index contributed by atoms with van der Waals surface area (Å²) < 4.78 is 5.64. The Morgan fingerprint density at radius 2 is 2.50 bits per heavy atom. The number of aliphatic hydroxyl groups is 1. The lowest BCUT2D eigenvalue weighted by Gasteiger charge is -2.19. The van der Waals surface area contributed by atoms with Crippen LogP contribution in [-0.2, 0) is 11.3 Å². The van der Waals surface area contributed by atoms with Crippen molar-refractivity contribution in [3.05, 3.63) is 21.9 Å². The molecule has 18 heavy (non-hydrogen) atoms. The fraction of sp³-hybridized carbons (Fsp3) is 0.571. The van der Waals surface area contributed by atoms with Crippen molar-refractivity contribution in [2.75, 3.05) is 26.8 Å². The van der Waals surface area contributed by atoms with Gasteiger partial charge in [-0.15, -0.1) is 11.3 Å². The molecule has 1 N–H and O–H groups in total. The maximum absolute atomic E-state index is 8.73. The zero-order valence-electron chi connectivity index (χ0n) is 10.7. The molecule has 2 heterocycles. The maximum atomic E-state index is 8.73. The molecule has 1 fully saturated rings. The molecule has 0 amide bonds. The summed E-state index contributed by atoms with van der Waals surface area (Å²) in [7, 11) is 2.12. The Balaban J connectivity index is 1.89. The molecule has 98 valence electrons. The predicted octanol–water partition coefficient (Wildman–Crippen LogP) is 1.70. The molecular formula is C14H19NO2S. The number of rotatable bonds is 4. The van der Waals surface area contributed by atoms with E-state index >= 15 is 0 Å². The van der Waals surface area contributed by atoms with Gasteiger partial charge in [0.2, 0.25) is 0 Å². The molecule has 1 atom stereocenters. The van der Waals surface area contributed by atoms with E-state index < -0.39 is 0 Å². The molecule has 0 saturated carbocycles. The topological polar surface area (TPSA) is 32.7 Å². The van der Waals surface area contributed by atoms with E-state index in [4.69, 9.17) is 9.84 Å². The number of thiophene rings is 1. The van der Waals surface area contributed by atoms with E-state index in [2.05, 4.69) is 29.2 Å². The fourth-order valence-electron chi connectivity index (χ4n) is 2.15. The molecule has 3 nitrogen and oxygen atoms in total. The molecule has 0 spiro atoms. The van der Waals surface area contributed by atoms with Crippen LogP contribution in [0.15, 0.2) is 11.4 Å². The first-order valence-electron chi connectivity index (χ1n) is 6.26. The van der Waals surface area contributed by atoms with Gasteiger partial charge < -0.3 is 9.84 Å². The number of nitrogens with zero attached hydrogens (tertiary/aromatic N) is 1. The van der Waals surface area contributed by atoms with Crippen molar-refractivity contribution in [1.82, 2.24) is 4.90 Å². The van der Waals surface area contributed by atoms with Crippen molar-refractivity contribution in [1.29, 1.82) is 0 Å². The molecule has 1 saturated heterocycles. The van der Waals surface area contributed by atoms with Crippen LogP contribution in [0.3, 0.4) is 0 Å². The van der Waals surface area contributed by atoms with Crippen LogP contribution in [0.25, 0.3) is 0 Å². The minimum atomic E-state index is -0.0823. The molecule has 4 heteroatoms. The lowest BCUT2D eigenvalue weighted by atomic mass is 10.2. The Hall–Kier alpha value is -0.860. The van der Waals surface area contributed by atoms with Gasteiger partial charge in [0.1, 0.15) is 6.61 Å². The number of hydrogen-bond acceptors (Lipinski definition) is 4. The first-order chi connectivity index (χ1) is 8.79. The average molecular weight is 265 g/mol. The summed E-state index contributed by atoms with van der Waals surface area (Å²) in [5, 5.41) is 10.8. The molecule has 0 aliphatic carbocycles. The molecule has 0 aromatic carbocycles. The van der Waals surface area contributed by atoms with Crippen LogP contribution in [-0.4, -0.2) is 42.9 Å². The maximum Gasteiger partial charge on any atom is 0.104 e. The van der Waals surface area contributed by atoms with Gasteiger partial charge in [-0.05, 0) is 31.3 Å². The van der Waals surface area contributed by atoms with E-state index in [-0.39, 0.29) is 6.61 Å². The van der Waals surface area contributed by atoms with Crippen molar-refractivity contribution in [3.8, 4) is 11.8 Å². The highest BCUT2D eigenvalue weighted by Crippen LogP contribution is 2.19. The van der Waals surface area contributed by atoms with Crippen LogP contribution < -0.4 is 0 Å². The van der Waals surface area contributed by atoms with Crippen molar-refractivity contribution in [2.45, 2.75) is 25.5 Å². The van der Waals surface area contributed by atoms with Crippen LogP contribution >= 0.6 is 11.3 Å². The quantitative estimate of drug-likeness (QED) is 0.841. The van der Waals surface area contributed by atoms with Gasteiger partial charge in [-0.3, -0.25) is 4.90 Å².